The maximum absolute atomic E-state index is 12.8. The molecule has 0 aromatic heterocycles. The minimum Gasteiger partial charge on any atom is -0.457 e. The van der Waals surface area contributed by atoms with Gasteiger partial charge in [0.2, 0.25) is 6.79 Å². The first-order chi connectivity index (χ1) is 13.7. The number of ketones is 1. The van der Waals surface area contributed by atoms with E-state index in [4.69, 9.17) is 14.2 Å². The van der Waals surface area contributed by atoms with Crippen LogP contribution in [0.1, 0.15) is 27.4 Å². The van der Waals surface area contributed by atoms with E-state index in [0.717, 1.165) is 11.1 Å². The molecular formula is C23H18O5. The maximum atomic E-state index is 12.8. The van der Waals surface area contributed by atoms with E-state index in [9.17, 15) is 9.59 Å². The maximum Gasteiger partial charge on any atom is 0.318 e. The molecule has 140 valence electrons. The molecule has 3 aromatic rings. The number of carbonyl (C=O) groups is 2. The van der Waals surface area contributed by atoms with Gasteiger partial charge in [0.15, 0.2) is 23.9 Å². The fourth-order valence-corrected chi connectivity index (χ4v) is 3.13. The summed E-state index contributed by atoms with van der Waals surface area (Å²) < 4.78 is 15.9. The highest BCUT2D eigenvalue weighted by molar-refractivity contribution is 5.99. The first-order valence-corrected chi connectivity index (χ1v) is 8.92. The zero-order valence-electron chi connectivity index (χ0n) is 15.0. The monoisotopic (exact) mass is 374 g/mol. The molecule has 0 radical (unpaired) electrons. The molecule has 0 atom stereocenters. The Morgan fingerprint density at radius 1 is 0.821 bits per heavy atom. The second-order valence-electron chi connectivity index (χ2n) is 6.35. The summed E-state index contributed by atoms with van der Waals surface area (Å²) in [4.78, 5) is 25.3. The molecular weight excluding hydrogens is 356 g/mol. The van der Waals surface area contributed by atoms with Gasteiger partial charge >= 0.3 is 5.97 Å². The van der Waals surface area contributed by atoms with Crippen molar-refractivity contribution in [2.24, 2.45) is 0 Å². The highest BCUT2D eigenvalue weighted by Gasteiger charge is 2.25. The molecule has 0 spiro atoms. The van der Waals surface area contributed by atoms with Crippen molar-refractivity contribution in [3.8, 4) is 11.5 Å². The standard InChI is InChI=1S/C23H18O5/c24-19(18-11-12-20-21(13-18)28-15-27-20)14-26-23(25)22(16-7-3-1-4-8-16)17-9-5-2-6-10-17/h1-13,22H,14-15H2. The Morgan fingerprint density at radius 3 is 2.07 bits per heavy atom. The van der Waals surface area contributed by atoms with Crippen LogP contribution in [-0.2, 0) is 9.53 Å². The quantitative estimate of drug-likeness (QED) is 0.483. The van der Waals surface area contributed by atoms with Crippen LogP contribution < -0.4 is 9.47 Å². The summed E-state index contributed by atoms with van der Waals surface area (Å²) in [6.07, 6.45) is 0. The third-order valence-corrected chi connectivity index (χ3v) is 4.54. The van der Waals surface area contributed by atoms with E-state index in [2.05, 4.69) is 0 Å². The van der Waals surface area contributed by atoms with E-state index in [1.807, 2.05) is 60.7 Å². The fraction of sp³-hybridized carbons (Fsp3) is 0.130. The number of hydrogen-bond donors (Lipinski definition) is 0. The summed E-state index contributed by atoms with van der Waals surface area (Å²) in [5.74, 6) is -0.240. The van der Waals surface area contributed by atoms with Crippen LogP contribution in [0.15, 0.2) is 78.9 Å². The molecule has 1 heterocycles. The predicted molar refractivity (Wildman–Crippen MR) is 103 cm³/mol. The van der Waals surface area contributed by atoms with Gasteiger partial charge in [-0.15, -0.1) is 0 Å². The van der Waals surface area contributed by atoms with Crippen molar-refractivity contribution in [2.45, 2.75) is 5.92 Å². The molecule has 0 bridgehead atoms. The third kappa shape index (κ3) is 3.74. The molecule has 3 aromatic carbocycles. The van der Waals surface area contributed by atoms with E-state index in [1.165, 1.54) is 0 Å². The lowest BCUT2D eigenvalue weighted by Crippen LogP contribution is -2.21. The zero-order valence-corrected chi connectivity index (χ0v) is 15.0. The van der Waals surface area contributed by atoms with Crippen LogP contribution in [0.3, 0.4) is 0 Å². The number of esters is 1. The number of rotatable bonds is 6. The molecule has 1 aliphatic rings. The summed E-state index contributed by atoms with van der Waals surface area (Å²) in [6, 6.07) is 23.7. The van der Waals surface area contributed by atoms with Gasteiger partial charge < -0.3 is 14.2 Å². The van der Waals surface area contributed by atoms with Crippen LogP contribution in [0.2, 0.25) is 0 Å². The van der Waals surface area contributed by atoms with E-state index in [-0.39, 0.29) is 19.2 Å². The molecule has 0 fully saturated rings. The van der Waals surface area contributed by atoms with Gasteiger partial charge in [-0.1, -0.05) is 60.7 Å². The topological polar surface area (TPSA) is 61.8 Å². The third-order valence-electron chi connectivity index (χ3n) is 4.54. The van der Waals surface area contributed by atoms with Crippen LogP contribution in [-0.4, -0.2) is 25.2 Å². The number of hydrogen-bond acceptors (Lipinski definition) is 5. The van der Waals surface area contributed by atoms with Crippen molar-refractivity contribution in [1.29, 1.82) is 0 Å². The van der Waals surface area contributed by atoms with Crippen molar-refractivity contribution >= 4 is 11.8 Å². The molecule has 0 saturated heterocycles. The second-order valence-corrected chi connectivity index (χ2v) is 6.35. The van der Waals surface area contributed by atoms with Crippen LogP contribution in [0.25, 0.3) is 0 Å². The van der Waals surface area contributed by atoms with Gasteiger partial charge in [-0.25, -0.2) is 0 Å². The number of fused-ring (bicyclic) bond motifs is 1. The largest absolute Gasteiger partial charge is 0.457 e. The van der Waals surface area contributed by atoms with Crippen LogP contribution in [0.5, 0.6) is 11.5 Å². The summed E-state index contributed by atoms with van der Waals surface area (Å²) >= 11 is 0. The average Bonchev–Trinajstić information content (AvgIpc) is 3.22. The lowest BCUT2D eigenvalue weighted by Gasteiger charge is -2.17. The van der Waals surface area contributed by atoms with Crippen molar-refractivity contribution in [1.82, 2.24) is 0 Å². The minimum atomic E-state index is -0.591. The molecule has 28 heavy (non-hydrogen) atoms. The molecule has 1 aliphatic heterocycles. The number of ether oxygens (including phenoxy) is 3. The van der Waals surface area contributed by atoms with E-state index < -0.39 is 11.9 Å². The van der Waals surface area contributed by atoms with Gasteiger partial charge in [0.25, 0.3) is 0 Å². The molecule has 0 aliphatic carbocycles. The first kappa shape index (κ1) is 17.8. The molecule has 0 saturated carbocycles. The Hall–Kier alpha value is -3.60. The number of benzene rings is 3. The Kier molecular flexibility index (Phi) is 5.06. The molecule has 0 amide bonds. The highest BCUT2D eigenvalue weighted by Crippen LogP contribution is 2.32. The summed E-state index contributed by atoms with van der Waals surface area (Å²) in [7, 11) is 0. The number of carbonyl (C=O) groups excluding carboxylic acids is 2. The van der Waals surface area contributed by atoms with Crippen LogP contribution in [0, 0.1) is 0 Å². The highest BCUT2D eigenvalue weighted by atomic mass is 16.7. The van der Waals surface area contributed by atoms with Crippen molar-refractivity contribution in [3.63, 3.8) is 0 Å². The van der Waals surface area contributed by atoms with Crippen LogP contribution >= 0.6 is 0 Å². The summed E-state index contributed by atoms with van der Waals surface area (Å²) in [5.41, 5.74) is 2.04. The van der Waals surface area contributed by atoms with E-state index in [1.54, 1.807) is 18.2 Å². The molecule has 5 heteroatoms. The first-order valence-electron chi connectivity index (χ1n) is 8.92. The van der Waals surface area contributed by atoms with E-state index in [0.29, 0.717) is 17.1 Å². The lowest BCUT2D eigenvalue weighted by atomic mass is 9.91. The Morgan fingerprint density at radius 2 is 1.43 bits per heavy atom. The Bertz CT molecular complexity index is 943. The smallest absolute Gasteiger partial charge is 0.318 e. The van der Waals surface area contributed by atoms with Gasteiger partial charge in [0.05, 0.1) is 0 Å². The molecule has 0 unspecified atom stereocenters. The van der Waals surface area contributed by atoms with Gasteiger partial charge in [0.1, 0.15) is 5.92 Å². The van der Waals surface area contributed by atoms with Gasteiger partial charge in [-0.05, 0) is 29.3 Å². The zero-order chi connectivity index (χ0) is 19.3. The fourth-order valence-electron chi connectivity index (χ4n) is 3.13. The van der Waals surface area contributed by atoms with E-state index >= 15 is 0 Å². The van der Waals surface area contributed by atoms with Crippen molar-refractivity contribution in [2.75, 3.05) is 13.4 Å². The Labute approximate surface area is 162 Å². The lowest BCUT2D eigenvalue weighted by molar-refractivity contribution is -0.143. The van der Waals surface area contributed by atoms with Crippen molar-refractivity contribution < 1.29 is 23.8 Å². The summed E-state index contributed by atoms with van der Waals surface area (Å²) in [6.45, 7) is -0.202. The van der Waals surface area contributed by atoms with Gasteiger partial charge in [-0.2, -0.15) is 0 Å². The average molecular weight is 374 g/mol. The molecule has 0 N–H and O–H groups in total. The number of Topliss-reactive ketones (excluding diaryl/α,β-unsaturated/α-hetero) is 1. The second kappa shape index (κ2) is 7.96. The van der Waals surface area contributed by atoms with Gasteiger partial charge in [-0.3, -0.25) is 9.59 Å². The van der Waals surface area contributed by atoms with Crippen LogP contribution in [0.4, 0.5) is 0 Å². The molecule has 5 nitrogen and oxygen atoms in total. The van der Waals surface area contributed by atoms with Gasteiger partial charge in [0, 0.05) is 5.56 Å². The SMILES string of the molecule is O=C(COC(=O)C(c1ccccc1)c1ccccc1)c1ccc2c(c1)OCO2. The molecule has 4 rings (SSSR count). The Balaban J connectivity index is 1.49. The van der Waals surface area contributed by atoms with Crippen molar-refractivity contribution in [3.05, 3.63) is 95.6 Å². The predicted octanol–water partition coefficient (Wildman–Crippen LogP) is 3.97. The normalized spacial score (nSPS) is 12.0. The summed E-state index contributed by atoms with van der Waals surface area (Å²) in [5, 5.41) is 0. The minimum absolute atomic E-state index is 0.137.